The summed E-state index contributed by atoms with van der Waals surface area (Å²) in [5, 5.41) is 3.39. The maximum Gasteiger partial charge on any atom is 0.225 e. The van der Waals surface area contributed by atoms with E-state index < -0.39 is 0 Å². The number of nitrogens with one attached hydrogen (secondary N) is 1. The highest BCUT2D eigenvalue weighted by molar-refractivity contribution is 5.62. The van der Waals surface area contributed by atoms with Crippen LogP contribution >= 0.6 is 0 Å². The van der Waals surface area contributed by atoms with E-state index in [1.165, 1.54) is 0 Å². The first kappa shape index (κ1) is 13.8. The molecule has 21 heavy (non-hydrogen) atoms. The van der Waals surface area contributed by atoms with E-state index in [2.05, 4.69) is 15.2 Å². The Morgan fingerprint density at radius 3 is 3.05 bits per heavy atom. The summed E-state index contributed by atoms with van der Waals surface area (Å²) in [7, 11) is 1.68. The van der Waals surface area contributed by atoms with Crippen LogP contribution in [-0.4, -0.2) is 43.3 Å². The standard InChI is InChI=1S/C16H20N4O/c1-21-14-5-2-4-13(12-14)15-6-8-18-16(19-15)20-10-3-7-17-9-11-20/h2,4-6,8,12,17H,3,7,9-11H2,1H3. The fourth-order valence-corrected chi connectivity index (χ4v) is 2.49. The largest absolute Gasteiger partial charge is 0.497 e. The Balaban J connectivity index is 1.88. The third-order valence-corrected chi connectivity index (χ3v) is 3.63. The van der Waals surface area contributed by atoms with Crippen molar-refractivity contribution >= 4 is 5.95 Å². The summed E-state index contributed by atoms with van der Waals surface area (Å²) in [6, 6.07) is 9.89. The van der Waals surface area contributed by atoms with E-state index >= 15 is 0 Å². The topological polar surface area (TPSA) is 50.3 Å². The number of methoxy groups -OCH3 is 1. The highest BCUT2D eigenvalue weighted by Crippen LogP contribution is 2.23. The minimum Gasteiger partial charge on any atom is -0.497 e. The predicted molar refractivity (Wildman–Crippen MR) is 83.7 cm³/mol. The summed E-state index contributed by atoms with van der Waals surface area (Å²) in [5.74, 6) is 1.64. The highest BCUT2D eigenvalue weighted by Gasteiger charge is 2.13. The first-order chi connectivity index (χ1) is 10.4. The van der Waals surface area contributed by atoms with Crippen molar-refractivity contribution in [2.75, 3.05) is 38.2 Å². The predicted octanol–water partition coefficient (Wildman–Crippen LogP) is 1.95. The van der Waals surface area contributed by atoms with Crippen LogP contribution in [0.1, 0.15) is 6.42 Å². The maximum atomic E-state index is 5.28. The van der Waals surface area contributed by atoms with Gasteiger partial charge in [0.05, 0.1) is 12.8 Å². The molecular weight excluding hydrogens is 264 g/mol. The number of anilines is 1. The van der Waals surface area contributed by atoms with Crippen LogP contribution in [0.3, 0.4) is 0 Å². The smallest absolute Gasteiger partial charge is 0.225 e. The summed E-state index contributed by atoms with van der Waals surface area (Å²) in [5.41, 5.74) is 1.97. The van der Waals surface area contributed by atoms with Crippen molar-refractivity contribution in [3.05, 3.63) is 36.5 Å². The highest BCUT2D eigenvalue weighted by atomic mass is 16.5. The number of hydrogen-bond donors (Lipinski definition) is 1. The Hall–Kier alpha value is -2.14. The van der Waals surface area contributed by atoms with Crippen LogP contribution < -0.4 is 15.0 Å². The van der Waals surface area contributed by atoms with Crippen LogP contribution in [-0.2, 0) is 0 Å². The molecule has 0 bridgehead atoms. The van der Waals surface area contributed by atoms with Crippen molar-refractivity contribution in [1.29, 1.82) is 0 Å². The maximum absolute atomic E-state index is 5.28. The van der Waals surface area contributed by atoms with Gasteiger partial charge in [-0.3, -0.25) is 0 Å². The van der Waals surface area contributed by atoms with Crippen LogP contribution in [0, 0.1) is 0 Å². The molecule has 1 aliphatic heterocycles. The fraction of sp³-hybridized carbons (Fsp3) is 0.375. The van der Waals surface area contributed by atoms with Gasteiger partial charge in [-0.25, -0.2) is 9.97 Å². The Labute approximate surface area is 125 Å². The zero-order valence-corrected chi connectivity index (χ0v) is 12.2. The third kappa shape index (κ3) is 3.31. The van der Waals surface area contributed by atoms with Gasteiger partial charge in [-0.1, -0.05) is 12.1 Å². The molecule has 1 aliphatic rings. The number of ether oxygens (including phenoxy) is 1. The van der Waals surface area contributed by atoms with E-state index in [1.54, 1.807) is 7.11 Å². The van der Waals surface area contributed by atoms with Gasteiger partial charge in [-0.15, -0.1) is 0 Å². The van der Waals surface area contributed by atoms with Gasteiger partial charge in [0.1, 0.15) is 5.75 Å². The Bertz CT molecular complexity index is 594. The minimum atomic E-state index is 0.805. The average molecular weight is 284 g/mol. The van der Waals surface area contributed by atoms with Gasteiger partial charge in [0, 0.05) is 31.4 Å². The van der Waals surface area contributed by atoms with Crippen LogP contribution in [0.25, 0.3) is 11.3 Å². The quantitative estimate of drug-likeness (QED) is 0.933. The van der Waals surface area contributed by atoms with E-state index in [-0.39, 0.29) is 0 Å². The van der Waals surface area contributed by atoms with E-state index in [0.717, 1.165) is 55.6 Å². The molecule has 1 saturated heterocycles. The van der Waals surface area contributed by atoms with Crippen molar-refractivity contribution in [3.8, 4) is 17.0 Å². The summed E-state index contributed by atoms with van der Waals surface area (Å²) >= 11 is 0. The molecule has 0 radical (unpaired) electrons. The molecule has 1 N–H and O–H groups in total. The number of hydrogen-bond acceptors (Lipinski definition) is 5. The first-order valence-electron chi connectivity index (χ1n) is 7.30. The zero-order chi connectivity index (χ0) is 14.5. The number of benzene rings is 1. The van der Waals surface area contributed by atoms with Crippen molar-refractivity contribution in [2.45, 2.75) is 6.42 Å². The second kappa shape index (κ2) is 6.54. The van der Waals surface area contributed by atoms with Gasteiger partial charge >= 0.3 is 0 Å². The Kier molecular flexibility index (Phi) is 4.31. The lowest BCUT2D eigenvalue weighted by molar-refractivity contribution is 0.415. The Morgan fingerprint density at radius 1 is 1.19 bits per heavy atom. The van der Waals surface area contributed by atoms with E-state index in [9.17, 15) is 0 Å². The van der Waals surface area contributed by atoms with Gasteiger partial charge in [0.25, 0.3) is 0 Å². The van der Waals surface area contributed by atoms with Crippen molar-refractivity contribution in [3.63, 3.8) is 0 Å². The lowest BCUT2D eigenvalue weighted by Gasteiger charge is -2.20. The average Bonchev–Trinajstić information content (AvgIpc) is 2.84. The lowest BCUT2D eigenvalue weighted by Crippen LogP contribution is -2.29. The van der Waals surface area contributed by atoms with Crippen molar-refractivity contribution in [2.24, 2.45) is 0 Å². The number of nitrogens with zero attached hydrogens (tertiary/aromatic N) is 3. The lowest BCUT2D eigenvalue weighted by atomic mass is 10.1. The molecule has 2 heterocycles. The molecule has 5 heteroatoms. The molecule has 110 valence electrons. The molecule has 0 aliphatic carbocycles. The molecule has 0 unspecified atom stereocenters. The molecule has 1 aromatic carbocycles. The van der Waals surface area contributed by atoms with Crippen molar-refractivity contribution in [1.82, 2.24) is 15.3 Å². The molecule has 0 amide bonds. The monoisotopic (exact) mass is 284 g/mol. The van der Waals surface area contributed by atoms with Gasteiger partial charge in [0.2, 0.25) is 5.95 Å². The van der Waals surface area contributed by atoms with Gasteiger partial charge in [0.15, 0.2) is 0 Å². The van der Waals surface area contributed by atoms with Crippen LogP contribution in [0.15, 0.2) is 36.5 Å². The molecule has 3 rings (SSSR count). The van der Waals surface area contributed by atoms with E-state index in [0.29, 0.717) is 0 Å². The summed E-state index contributed by atoms with van der Waals surface area (Å²) in [6.45, 7) is 3.98. The second-order valence-corrected chi connectivity index (χ2v) is 5.06. The molecule has 0 atom stereocenters. The minimum absolute atomic E-state index is 0.805. The molecule has 5 nitrogen and oxygen atoms in total. The summed E-state index contributed by atoms with van der Waals surface area (Å²) < 4.78 is 5.28. The molecule has 0 spiro atoms. The van der Waals surface area contributed by atoms with E-state index in [1.807, 2.05) is 36.5 Å². The zero-order valence-electron chi connectivity index (χ0n) is 12.2. The van der Waals surface area contributed by atoms with Crippen LogP contribution in [0.5, 0.6) is 5.75 Å². The van der Waals surface area contributed by atoms with Crippen molar-refractivity contribution < 1.29 is 4.74 Å². The molecule has 1 aromatic heterocycles. The Morgan fingerprint density at radius 2 is 2.14 bits per heavy atom. The van der Waals surface area contributed by atoms with E-state index in [4.69, 9.17) is 9.72 Å². The number of aromatic nitrogens is 2. The van der Waals surface area contributed by atoms with Gasteiger partial charge in [-0.2, -0.15) is 0 Å². The number of rotatable bonds is 3. The van der Waals surface area contributed by atoms with Gasteiger partial charge < -0.3 is 15.0 Å². The second-order valence-electron chi connectivity index (χ2n) is 5.06. The fourth-order valence-electron chi connectivity index (χ4n) is 2.49. The summed E-state index contributed by atoms with van der Waals surface area (Å²) in [6.07, 6.45) is 2.95. The summed E-state index contributed by atoms with van der Waals surface area (Å²) in [4.78, 5) is 11.4. The normalized spacial score (nSPS) is 15.6. The molecular formula is C16H20N4O. The first-order valence-corrected chi connectivity index (χ1v) is 7.30. The SMILES string of the molecule is COc1cccc(-c2ccnc(N3CCCNCC3)n2)c1. The molecule has 1 fully saturated rings. The molecule has 0 saturated carbocycles. The van der Waals surface area contributed by atoms with Gasteiger partial charge in [-0.05, 0) is 31.2 Å². The molecule has 2 aromatic rings. The van der Waals surface area contributed by atoms with Crippen LogP contribution in [0.4, 0.5) is 5.95 Å². The third-order valence-electron chi connectivity index (χ3n) is 3.63. The van der Waals surface area contributed by atoms with Crippen LogP contribution in [0.2, 0.25) is 0 Å².